The number of thiazole rings is 1. The topological polar surface area (TPSA) is 42.0 Å². The molecule has 1 fully saturated rings. The molecule has 16 heavy (non-hydrogen) atoms. The van der Waals surface area contributed by atoms with Crippen LogP contribution in [-0.2, 0) is 0 Å². The number of carbonyl (C=O) groups excluding carboxylic acids is 1. The monoisotopic (exact) mass is 238 g/mol. The lowest BCUT2D eigenvalue weighted by Gasteiger charge is -2.28. The Hall–Kier alpha value is -0.900. The molecular formula is C12H18N2OS. The molecule has 0 unspecified atom stereocenters. The van der Waals surface area contributed by atoms with E-state index in [9.17, 15) is 4.79 Å². The zero-order chi connectivity index (χ0) is 11.4. The first-order valence-electron chi connectivity index (χ1n) is 5.98. The number of amides is 1. The predicted octanol–water partition coefficient (Wildman–Crippen LogP) is 2.84. The first-order valence-corrected chi connectivity index (χ1v) is 6.93. The molecule has 0 aromatic carbocycles. The van der Waals surface area contributed by atoms with E-state index < -0.39 is 0 Å². The van der Waals surface area contributed by atoms with Crippen LogP contribution < -0.4 is 5.32 Å². The number of hydrogen-bond acceptors (Lipinski definition) is 3. The Labute approximate surface area is 100 Å². The van der Waals surface area contributed by atoms with Gasteiger partial charge in [-0.05, 0) is 31.6 Å². The Morgan fingerprint density at radius 3 is 2.81 bits per heavy atom. The van der Waals surface area contributed by atoms with Crippen LogP contribution in [0.3, 0.4) is 0 Å². The molecular weight excluding hydrogens is 220 g/mol. The van der Waals surface area contributed by atoms with E-state index in [-0.39, 0.29) is 5.91 Å². The number of hydrogen-bond donors (Lipinski definition) is 1. The van der Waals surface area contributed by atoms with Crippen molar-refractivity contribution < 1.29 is 4.79 Å². The summed E-state index contributed by atoms with van der Waals surface area (Å²) in [5, 5.41) is 4.87. The lowest BCUT2D eigenvalue weighted by Crippen LogP contribution is -2.37. The highest BCUT2D eigenvalue weighted by Crippen LogP contribution is 2.26. The van der Waals surface area contributed by atoms with E-state index >= 15 is 0 Å². The summed E-state index contributed by atoms with van der Waals surface area (Å²) in [6.45, 7) is 2.25. The highest BCUT2D eigenvalue weighted by Gasteiger charge is 2.21. The maximum Gasteiger partial charge on any atom is 0.270 e. The maximum atomic E-state index is 11.8. The van der Waals surface area contributed by atoms with Gasteiger partial charge in [0.25, 0.3) is 5.91 Å². The van der Waals surface area contributed by atoms with E-state index in [0.29, 0.717) is 11.7 Å². The second-order valence-corrected chi connectivity index (χ2v) is 5.19. The number of nitrogens with one attached hydrogen (secondary N) is 1. The Balaban J connectivity index is 1.81. The fraction of sp³-hybridized carbons (Fsp3) is 0.667. The third kappa shape index (κ3) is 2.82. The van der Waals surface area contributed by atoms with Crippen molar-refractivity contribution in [3.8, 4) is 0 Å². The molecule has 2 rings (SSSR count). The van der Waals surface area contributed by atoms with Gasteiger partial charge in [-0.2, -0.15) is 0 Å². The molecule has 0 saturated heterocycles. The zero-order valence-electron chi connectivity index (χ0n) is 9.61. The van der Waals surface area contributed by atoms with Crippen molar-refractivity contribution in [2.75, 3.05) is 0 Å². The molecule has 88 valence electrons. The quantitative estimate of drug-likeness (QED) is 0.879. The average molecular weight is 238 g/mol. The van der Waals surface area contributed by atoms with Gasteiger partial charge in [-0.3, -0.25) is 4.79 Å². The van der Waals surface area contributed by atoms with Crippen LogP contribution >= 0.6 is 11.3 Å². The van der Waals surface area contributed by atoms with Crippen molar-refractivity contribution in [1.29, 1.82) is 0 Å². The molecule has 1 aliphatic carbocycles. The standard InChI is InChI=1S/C12H18N2OS/c1-2-9-3-5-10(6-4-9)14-12(15)11-7-16-8-13-11/h7-10H,2-6H2,1H3,(H,14,15). The summed E-state index contributed by atoms with van der Waals surface area (Å²) in [6, 6.07) is 0.358. The second-order valence-electron chi connectivity index (χ2n) is 4.47. The van der Waals surface area contributed by atoms with Crippen LogP contribution in [0.2, 0.25) is 0 Å². The van der Waals surface area contributed by atoms with Crippen LogP contribution in [0.15, 0.2) is 10.9 Å². The SMILES string of the molecule is CCC1CCC(NC(=O)c2cscn2)CC1. The van der Waals surface area contributed by atoms with E-state index in [2.05, 4.69) is 17.2 Å². The maximum absolute atomic E-state index is 11.8. The van der Waals surface area contributed by atoms with Crippen LogP contribution in [0, 0.1) is 5.92 Å². The molecule has 1 heterocycles. The van der Waals surface area contributed by atoms with Crippen LogP contribution in [0.5, 0.6) is 0 Å². The van der Waals surface area contributed by atoms with E-state index in [1.165, 1.54) is 30.6 Å². The van der Waals surface area contributed by atoms with Crippen molar-refractivity contribution in [2.24, 2.45) is 5.92 Å². The molecule has 1 N–H and O–H groups in total. The number of nitrogens with zero attached hydrogens (tertiary/aromatic N) is 1. The number of aromatic nitrogens is 1. The lowest BCUT2D eigenvalue weighted by atomic mass is 9.84. The Kier molecular flexibility index (Phi) is 3.93. The summed E-state index contributed by atoms with van der Waals surface area (Å²) >= 11 is 1.46. The minimum atomic E-state index is -0.0128. The summed E-state index contributed by atoms with van der Waals surface area (Å²) in [7, 11) is 0. The molecule has 1 aromatic rings. The molecule has 3 nitrogen and oxygen atoms in total. The minimum absolute atomic E-state index is 0.0128. The van der Waals surface area contributed by atoms with Gasteiger partial charge in [-0.1, -0.05) is 13.3 Å². The van der Waals surface area contributed by atoms with Gasteiger partial charge in [0.15, 0.2) is 0 Å². The molecule has 1 aromatic heterocycles. The molecule has 0 aliphatic heterocycles. The van der Waals surface area contributed by atoms with Gasteiger partial charge in [0.2, 0.25) is 0 Å². The highest BCUT2D eigenvalue weighted by molar-refractivity contribution is 7.07. The first-order chi connectivity index (χ1) is 7.79. The molecule has 0 bridgehead atoms. The third-order valence-electron chi connectivity index (χ3n) is 3.42. The number of carbonyl (C=O) groups is 1. The normalized spacial score (nSPS) is 25.3. The van der Waals surface area contributed by atoms with Crippen LogP contribution in [0.25, 0.3) is 0 Å². The molecule has 0 radical (unpaired) electrons. The van der Waals surface area contributed by atoms with Crippen LogP contribution in [0.1, 0.15) is 49.5 Å². The molecule has 1 amide bonds. The summed E-state index contributed by atoms with van der Waals surface area (Å²) in [6.07, 6.45) is 6.01. The molecule has 1 aliphatic rings. The molecule has 0 spiro atoms. The van der Waals surface area contributed by atoms with Gasteiger partial charge in [0.05, 0.1) is 5.51 Å². The Morgan fingerprint density at radius 2 is 2.25 bits per heavy atom. The molecule has 4 heteroatoms. The van der Waals surface area contributed by atoms with Crippen molar-refractivity contribution in [3.05, 3.63) is 16.6 Å². The number of rotatable bonds is 3. The van der Waals surface area contributed by atoms with E-state index in [1.807, 2.05) is 0 Å². The van der Waals surface area contributed by atoms with Gasteiger partial charge in [-0.15, -0.1) is 11.3 Å². The third-order valence-corrected chi connectivity index (χ3v) is 4.01. The summed E-state index contributed by atoms with van der Waals surface area (Å²) < 4.78 is 0. The second kappa shape index (κ2) is 5.43. The van der Waals surface area contributed by atoms with E-state index in [4.69, 9.17) is 0 Å². The lowest BCUT2D eigenvalue weighted by molar-refractivity contribution is 0.0917. The Morgan fingerprint density at radius 1 is 1.50 bits per heavy atom. The zero-order valence-corrected chi connectivity index (χ0v) is 10.4. The fourth-order valence-corrected chi connectivity index (χ4v) is 2.83. The van der Waals surface area contributed by atoms with Crippen molar-refractivity contribution in [2.45, 2.75) is 45.1 Å². The highest BCUT2D eigenvalue weighted by atomic mass is 32.1. The van der Waals surface area contributed by atoms with E-state index in [1.54, 1.807) is 10.9 Å². The molecule has 0 atom stereocenters. The van der Waals surface area contributed by atoms with Gasteiger partial charge in [-0.25, -0.2) is 4.98 Å². The van der Waals surface area contributed by atoms with Gasteiger partial charge in [0.1, 0.15) is 5.69 Å². The average Bonchev–Trinajstić information content (AvgIpc) is 2.83. The summed E-state index contributed by atoms with van der Waals surface area (Å²) in [4.78, 5) is 15.8. The largest absolute Gasteiger partial charge is 0.348 e. The van der Waals surface area contributed by atoms with E-state index in [0.717, 1.165) is 18.8 Å². The minimum Gasteiger partial charge on any atom is -0.348 e. The predicted molar refractivity (Wildman–Crippen MR) is 65.6 cm³/mol. The summed E-state index contributed by atoms with van der Waals surface area (Å²) in [5.74, 6) is 0.855. The van der Waals surface area contributed by atoms with Crippen molar-refractivity contribution in [1.82, 2.24) is 10.3 Å². The van der Waals surface area contributed by atoms with Gasteiger partial charge >= 0.3 is 0 Å². The van der Waals surface area contributed by atoms with Crippen LogP contribution in [-0.4, -0.2) is 16.9 Å². The first kappa shape index (κ1) is 11.6. The van der Waals surface area contributed by atoms with Gasteiger partial charge < -0.3 is 5.32 Å². The van der Waals surface area contributed by atoms with Crippen LogP contribution in [0.4, 0.5) is 0 Å². The van der Waals surface area contributed by atoms with Crippen molar-refractivity contribution in [3.63, 3.8) is 0 Å². The van der Waals surface area contributed by atoms with Gasteiger partial charge in [0, 0.05) is 11.4 Å². The Bertz CT molecular complexity index is 329. The molecule has 1 saturated carbocycles. The van der Waals surface area contributed by atoms with Crippen molar-refractivity contribution >= 4 is 17.2 Å². The smallest absolute Gasteiger partial charge is 0.270 e. The summed E-state index contributed by atoms with van der Waals surface area (Å²) in [5.41, 5.74) is 2.26. The fourth-order valence-electron chi connectivity index (χ4n) is 2.30.